The first-order chi connectivity index (χ1) is 8.60. The van der Waals surface area contributed by atoms with Crippen LogP contribution in [0.15, 0.2) is 12.1 Å². The largest absolute Gasteiger partial charge is 0.485 e. The standard InChI is InChI=1S/C16H23NO/c1-11-4-5-12(2)15(13(11)3)18-16(8-9-16)10-17-14-6-7-14/h4-5,14,17H,6-10H2,1-3H3. The molecule has 18 heavy (non-hydrogen) atoms. The van der Waals surface area contributed by atoms with Gasteiger partial charge in [-0.3, -0.25) is 0 Å². The molecule has 2 heteroatoms. The van der Waals surface area contributed by atoms with Crippen LogP contribution < -0.4 is 10.1 Å². The van der Waals surface area contributed by atoms with E-state index in [0.29, 0.717) is 0 Å². The van der Waals surface area contributed by atoms with E-state index in [4.69, 9.17) is 4.74 Å². The maximum atomic E-state index is 6.37. The van der Waals surface area contributed by atoms with Gasteiger partial charge in [0.15, 0.2) is 0 Å². The average molecular weight is 245 g/mol. The Morgan fingerprint density at radius 3 is 2.44 bits per heavy atom. The molecule has 1 aromatic rings. The van der Waals surface area contributed by atoms with Crippen LogP contribution in [0.4, 0.5) is 0 Å². The Balaban J connectivity index is 1.73. The Hall–Kier alpha value is -1.02. The van der Waals surface area contributed by atoms with Gasteiger partial charge in [-0.25, -0.2) is 0 Å². The summed E-state index contributed by atoms with van der Waals surface area (Å²) in [6.07, 6.45) is 5.08. The zero-order valence-electron chi connectivity index (χ0n) is 11.7. The maximum absolute atomic E-state index is 6.37. The van der Waals surface area contributed by atoms with Gasteiger partial charge >= 0.3 is 0 Å². The SMILES string of the molecule is Cc1ccc(C)c(OC2(CNC3CC3)CC2)c1C. The van der Waals surface area contributed by atoms with E-state index in [9.17, 15) is 0 Å². The van der Waals surface area contributed by atoms with Gasteiger partial charge in [0, 0.05) is 12.6 Å². The zero-order chi connectivity index (χ0) is 12.8. The molecule has 0 saturated heterocycles. The molecule has 0 aliphatic heterocycles. The smallest absolute Gasteiger partial charge is 0.126 e. The molecule has 1 aromatic carbocycles. The lowest BCUT2D eigenvalue weighted by molar-refractivity contribution is 0.172. The van der Waals surface area contributed by atoms with Crippen molar-refractivity contribution in [2.45, 2.75) is 58.1 Å². The molecule has 0 bridgehead atoms. The van der Waals surface area contributed by atoms with Crippen molar-refractivity contribution < 1.29 is 4.74 Å². The second-order valence-corrected chi connectivity index (χ2v) is 6.09. The number of benzene rings is 1. The molecular formula is C16H23NO. The highest BCUT2D eigenvalue weighted by Crippen LogP contribution is 2.42. The molecule has 0 radical (unpaired) electrons. The Bertz CT molecular complexity index is 458. The molecule has 2 aliphatic rings. The number of ether oxygens (including phenoxy) is 1. The van der Waals surface area contributed by atoms with E-state index in [0.717, 1.165) is 18.3 Å². The molecule has 2 fully saturated rings. The molecular weight excluding hydrogens is 222 g/mol. The summed E-state index contributed by atoms with van der Waals surface area (Å²) in [7, 11) is 0. The first kappa shape index (κ1) is 12.0. The molecule has 0 spiro atoms. The Morgan fingerprint density at radius 1 is 1.17 bits per heavy atom. The van der Waals surface area contributed by atoms with E-state index in [-0.39, 0.29) is 5.60 Å². The highest BCUT2D eigenvalue weighted by molar-refractivity contribution is 5.45. The predicted molar refractivity (Wildman–Crippen MR) is 74.3 cm³/mol. The van der Waals surface area contributed by atoms with Crippen LogP contribution in [0.3, 0.4) is 0 Å². The average Bonchev–Trinajstić information content (AvgIpc) is 3.23. The summed E-state index contributed by atoms with van der Waals surface area (Å²) in [5, 5.41) is 3.61. The fourth-order valence-electron chi connectivity index (χ4n) is 2.37. The molecule has 1 N–H and O–H groups in total. The molecule has 0 amide bonds. The van der Waals surface area contributed by atoms with Gasteiger partial charge in [-0.2, -0.15) is 0 Å². The van der Waals surface area contributed by atoms with E-state index >= 15 is 0 Å². The fourth-order valence-corrected chi connectivity index (χ4v) is 2.37. The lowest BCUT2D eigenvalue weighted by atomic mass is 10.1. The van der Waals surface area contributed by atoms with Crippen molar-refractivity contribution in [1.82, 2.24) is 5.32 Å². The molecule has 0 unspecified atom stereocenters. The van der Waals surface area contributed by atoms with Crippen LogP contribution in [0.5, 0.6) is 5.75 Å². The lowest BCUT2D eigenvalue weighted by Crippen LogP contribution is -2.34. The first-order valence-electron chi connectivity index (χ1n) is 7.09. The van der Waals surface area contributed by atoms with Gasteiger partial charge in [-0.05, 0) is 63.1 Å². The normalized spacial score (nSPS) is 20.8. The topological polar surface area (TPSA) is 21.3 Å². The van der Waals surface area contributed by atoms with Crippen molar-refractivity contribution in [2.75, 3.05) is 6.54 Å². The number of nitrogens with one attached hydrogen (secondary N) is 1. The minimum atomic E-state index is 0.0892. The van der Waals surface area contributed by atoms with Crippen LogP contribution >= 0.6 is 0 Å². The second kappa shape index (κ2) is 4.27. The Kier molecular flexibility index (Phi) is 2.86. The predicted octanol–water partition coefficient (Wildman–Crippen LogP) is 3.28. The Labute approximate surface area is 110 Å². The van der Waals surface area contributed by atoms with Gasteiger partial charge in [0.25, 0.3) is 0 Å². The van der Waals surface area contributed by atoms with Crippen molar-refractivity contribution >= 4 is 0 Å². The summed E-state index contributed by atoms with van der Waals surface area (Å²) < 4.78 is 6.37. The minimum Gasteiger partial charge on any atom is -0.485 e. The van der Waals surface area contributed by atoms with Crippen LogP contribution in [0.1, 0.15) is 42.4 Å². The van der Waals surface area contributed by atoms with E-state index in [1.165, 1.54) is 42.4 Å². The third kappa shape index (κ3) is 2.39. The summed E-state index contributed by atoms with van der Waals surface area (Å²) in [6, 6.07) is 5.12. The maximum Gasteiger partial charge on any atom is 0.126 e. The summed E-state index contributed by atoms with van der Waals surface area (Å²) in [6.45, 7) is 7.49. The van der Waals surface area contributed by atoms with Crippen LogP contribution in [0, 0.1) is 20.8 Å². The van der Waals surface area contributed by atoms with Crippen molar-refractivity contribution in [3.05, 3.63) is 28.8 Å². The summed E-state index contributed by atoms with van der Waals surface area (Å²) in [4.78, 5) is 0. The zero-order valence-corrected chi connectivity index (χ0v) is 11.7. The van der Waals surface area contributed by atoms with E-state index in [1.54, 1.807) is 0 Å². The van der Waals surface area contributed by atoms with Crippen molar-refractivity contribution in [2.24, 2.45) is 0 Å². The van der Waals surface area contributed by atoms with Crippen LogP contribution in [-0.2, 0) is 0 Å². The minimum absolute atomic E-state index is 0.0892. The Morgan fingerprint density at radius 2 is 1.83 bits per heavy atom. The molecule has 3 rings (SSSR count). The van der Waals surface area contributed by atoms with Crippen molar-refractivity contribution in [1.29, 1.82) is 0 Å². The number of aryl methyl sites for hydroxylation is 2. The van der Waals surface area contributed by atoms with E-state index < -0.39 is 0 Å². The summed E-state index contributed by atoms with van der Waals surface area (Å²) >= 11 is 0. The monoisotopic (exact) mass is 245 g/mol. The second-order valence-electron chi connectivity index (χ2n) is 6.09. The number of rotatable bonds is 5. The molecule has 98 valence electrons. The molecule has 2 aliphatic carbocycles. The van der Waals surface area contributed by atoms with Crippen LogP contribution in [0.2, 0.25) is 0 Å². The van der Waals surface area contributed by atoms with E-state index in [1.807, 2.05) is 0 Å². The van der Waals surface area contributed by atoms with Gasteiger partial charge < -0.3 is 10.1 Å². The summed E-state index contributed by atoms with van der Waals surface area (Å²) in [5.41, 5.74) is 3.97. The quantitative estimate of drug-likeness (QED) is 0.859. The van der Waals surface area contributed by atoms with Crippen LogP contribution in [-0.4, -0.2) is 18.2 Å². The van der Waals surface area contributed by atoms with Crippen molar-refractivity contribution in [3.8, 4) is 5.75 Å². The lowest BCUT2D eigenvalue weighted by Gasteiger charge is -2.22. The molecule has 0 atom stereocenters. The third-order valence-electron chi connectivity index (χ3n) is 4.29. The van der Waals surface area contributed by atoms with Crippen molar-refractivity contribution in [3.63, 3.8) is 0 Å². The summed E-state index contributed by atoms with van der Waals surface area (Å²) in [5.74, 6) is 1.12. The van der Waals surface area contributed by atoms with Gasteiger partial charge in [-0.15, -0.1) is 0 Å². The molecule has 2 saturated carbocycles. The molecule has 0 aromatic heterocycles. The van der Waals surface area contributed by atoms with Gasteiger partial charge in [0.2, 0.25) is 0 Å². The molecule has 0 heterocycles. The van der Waals surface area contributed by atoms with Gasteiger partial charge in [-0.1, -0.05) is 12.1 Å². The van der Waals surface area contributed by atoms with Gasteiger partial charge in [0.1, 0.15) is 11.4 Å². The highest BCUT2D eigenvalue weighted by atomic mass is 16.5. The fraction of sp³-hybridized carbons (Fsp3) is 0.625. The first-order valence-corrected chi connectivity index (χ1v) is 7.09. The third-order valence-corrected chi connectivity index (χ3v) is 4.29. The molecule has 2 nitrogen and oxygen atoms in total. The highest BCUT2D eigenvalue weighted by Gasteiger charge is 2.46. The number of hydrogen-bond acceptors (Lipinski definition) is 2. The van der Waals surface area contributed by atoms with Gasteiger partial charge in [0.05, 0.1) is 0 Å². The van der Waals surface area contributed by atoms with Crippen LogP contribution in [0.25, 0.3) is 0 Å². The number of hydrogen-bond donors (Lipinski definition) is 1. The van der Waals surface area contributed by atoms with E-state index in [2.05, 4.69) is 38.2 Å².